The molecule has 25 heavy (non-hydrogen) atoms. The highest BCUT2D eigenvalue weighted by molar-refractivity contribution is 14.0. The molecule has 0 spiro atoms. The van der Waals surface area contributed by atoms with Crippen LogP contribution in [0.5, 0.6) is 0 Å². The summed E-state index contributed by atoms with van der Waals surface area (Å²) >= 11 is 6.05. The van der Waals surface area contributed by atoms with Crippen LogP contribution >= 0.6 is 35.6 Å². The van der Waals surface area contributed by atoms with Gasteiger partial charge in [0, 0.05) is 57.0 Å². The Labute approximate surface area is 171 Å². The number of hydrogen-bond acceptors (Lipinski definition) is 4. The van der Waals surface area contributed by atoms with Gasteiger partial charge in [0.05, 0.1) is 6.26 Å². The lowest BCUT2D eigenvalue weighted by Crippen LogP contribution is -2.53. The fraction of sp³-hybridized carbons (Fsp3) is 0.533. The maximum atomic E-state index is 11.0. The van der Waals surface area contributed by atoms with E-state index < -0.39 is 10.0 Å². The van der Waals surface area contributed by atoms with Gasteiger partial charge in [-0.3, -0.25) is 4.99 Å². The molecule has 0 unspecified atom stereocenters. The highest BCUT2D eigenvalue weighted by Crippen LogP contribution is 2.20. The third-order valence-electron chi connectivity index (χ3n) is 3.74. The molecule has 2 rings (SSSR count). The fourth-order valence-electron chi connectivity index (χ4n) is 2.59. The van der Waals surface area contributed by atoms with E-state index in [-0.39, 0.29) is 24.0 Å². The largest absolute Gasteiger partial charge is 0.368 e. The molecule has 0 aliphatic carbocycles. The van der Waals surface area contributed by atoms with E-state index in [4.69, 9.17) is 11.6 Å². The van der Waals surface area contributed by atoms with E-state index in [1.807, 2.05) is 18.2 Å². The second kappa shape index (κ2) is 10.4. The van der Waals surface area contributed by atoms with Crippen molar-refractivity contribution in [1.82, 2.24) is 14.9 Å². The molecule has 1 aliphatic heterocycles. The zero-order valence-corrected chi connectivity index (χ0v) is 18.3. The maximum Gasteiger partial charge on any atom is 0.208 e. The summed E-state index contributed by atoms with van der Waals surface area (Å²) < 4.78 is 24.5. The number of anilines is 1. The third kappa shape index (κ3) is 7.55. The summed E-state index contributed by atoms with van der Waals surface area (Å²) in [6.07, 6.45) is 1.15. The van der Waals surface area contributed by atoms with Crippen molar-refractivity contribution in [3.8, 4) is 0 Å². The molecule has 0 aromatic heterocycles. The molecule has 0 amide bonds. The second-order valence-corrected chi connectivity index (χ2v) is 7.86. The van der Waals surface area contributed by atoms with Crippen molar-refractivity contribution < 1.29 is 8.42 Å². The molecule has 1 aromatic carbocycles. The zero-order valence-electron chi connectivity index (χ0n) is 14.4. The summed E-state index contributed by atoms with van der Waals surface area (Å²) in [7, 11) is -1.42. The van der Waals surface area contributed by atoms with Gasteiger partial charge >= 0.3 is 0 Å². The number of halogens is 2. The molecule has 0 saturated carbocycles. The van der Waals surface area contributed by atoms with Crippen LogP contribution in [0.25, 0.3) is 0 Å². The van der Waals surface area contributed by atoms with Crippen LogP contribution in [0, 0.1) is 0 Å². The topological polar surface area (TPSA) is 77.0 Å². The molecule has 0 radical (unpaired) electrons. The lowest BCUT2D eigenvalue weighted by Gasteiger charge is -2.37. The van der Waals surface area contributed by atoms with Crippen molar-refractivity contribution in [1.29, 1.82) is 0 Å². The molecule has 1 aromatic rings. The summed E-state index contributed by atoms with van der Waals surface area (Å²) in [4.78, 5) is 8.73. The molecular weight excluding hydrogens is 477 g/mol. The Bertz CT molecular complexity index is 678. The van der Waals surface area contributed by atoms with Crippen molar-refractivity contribution in [3.63, 3.8) is 0 Å². The number of hydrogen-bond donors (Lipinski definition) is 2. The van der Waals surface area contributed by atoms with Crippen LogP contribution in [0.15, 0.2) is 29.3 Å². The van der Waals surface area contributed by atoms with Crippen molar-refractivity contribution in [2.45, 2.75) is 0 Å². The summed E-state index contributed by atoms with van der Waals surface area (Å²) in [5.74, 6) is 0.788. The van der Waals surface area contributed by atoms with Crippen LogP contribution in [-0.4, -0.2) is 71.8 Å². The van der Waals surface area contributed by atoms with Crippen molar-refractivity contribution >= 4 is 57.2 Å². The average molecular weight is 502 g/mol. The molecular formula is C15H25ClIN5O2S. The molecule has 1 saturated heterocycles. The van der Waals surface area contributed by atoms with E-state index in [0.29, 0.717) is 13.1 Å². The molecule has 10 heteroatoms. The summed E-state index contributed by atoms with van der Waals surface area (Å²) in [5.41, 5.74) is 1.13. The molecule has 0 bridgehead atoms. The van der Waals surface area contributed by atoms with Crippen molar-refractivity contribution in [2.75, 3.05) is 57.5 Å². The minimum atomic E-state index is -3.16. The van der Waals surface area contributed by atoms with Gasteiger partial charge in [0.15, 0.2) is 5.96 Å². The van der Waals surface area contributed by atoms with Crippen LogP contribution < -0.4 is 14.9 Å². The molecule has 1 aliphatic rings. The monoisotopic (exact) mass is 501 g/mol. The quantitative estimate of drug-likeness (QED) is 0.274. The van der Waals surface area contributed by atoms with Crippen LogP contribution in [0.4, 0.5) is 5.69 Å². The predicted molar refractivity (Wildman–Crippen MR) is 115 cm³/mol. The number of guanidine groups is 1. The first kappa shape index (κ1) is 22.3. The van der Waals surface area contributed by atoms with Crippen LogP contribution in [0.1, 0.15) is 0 Å². The number of nitrogens with zero attached hydrogens (tertiary/aromatic N) is 3. The Kier molecular flexibility index (Phi) is 9.25. The number of piperazine rings is 1. The average Bonchev–Trinajstić information content (AvgIpc) is 2.54. The van der Waals surface area contributed by atoms with Gasteiger partial charge in [-0.2, -0.15) is 0 Å². The molecule has 1 fully saturated rings. The first-order chi connectivity index (χ1) is 11.4. The van der Waals surface area contributed by atoms with Gasteiger partial charge in [-0.15, -0.1) is 24.0 Å². The number of sulfonamides is 1. The van der Waals surface area contributed by atoms with E-state index in [2.05, 4.69) is 30.9 Å². The highest BCUT2D eigenvalue weighted by atomic mass is 127. The predicted octanol–water partition coefficient (Wildman–Crippen LogP) is 1.20. The van der Waals surface area contributed by atoms with Gasteiger partial charge in [0.1, 0.15) is 0 Å². The van der Waals surface area contributed by atoms with Gasteiger partial charge in [-0.1, -0.05) is 17.7 Å². The minimum absolute atomic E-state index is 0. The van der Waals surface area contributed by atoms with Gasteiger partial charge in [-0.25, -0.2) is 13.1 Å². The SMILES string of the molecule is CN=C(NCCNS(C)(=O)=O)N1CCN(c2cccc(Cl)c2)CC1.I. The van der Waals surface area contributed by atoms with E-state index in [1.54, 1.807) is 7.05 Å². The molecule has 7 nitrogen and oxygen atoms in total. The van der Waals surface area contributed by atoms with Crippen molar-refractivity contribution in [2.24, 2.45) is 4.99 Å². The lowest BCUT2D eigenvalue weighted by molar-refractivity contribution is 0.373. The number of nitrogens with one attached hydrogen (secondary N) is 2. The Balaban J connectivity index is 0.00000312. The number of aliphatic imine (C=N–C) groups is 1. The summed E-state index contributed by atoms with van der Waals surface area (Å²) in [6, 6.07) is 7.86. The standard InChI is InChI=1S/C15H24ClN5O2S.HI/c1-17-15(18-6-7-19-24(2,22)23)21-10-8-20(9-11-21)14-5-3-4-13(16)12-14;/h3-5,12,19H,6-11H2,1-2H3,(H,17,18);1H. The summed E-state index contributed by atoms with van der Waals surface area (Å²) in [6.45, 7) is 4.26. The normalized spacial score (nSPS) is 15.7. The first-order valence-corrected chi connectivity index (χ1v) is 10.1. The second-order valence-electron chi connectivity index (χ2n) is 5.59. The number of benzene rings is 1. The first-order valence-electron chi connectivity index (χ1n) is 7.80. The smallest absolute Gasteiger partial charge is 0.208 e. The van der Waals surface area contributed by atoms with E-state index in [9.17, 15) is 8.42 Å². The minimum Gasteiger partial charge on any atom is -0.368 e. The Morgan fingerprint density at radius 1 is 1.24 bits per heavy atom. The molecule has 0 atom stereocenters. The summed E-state index contributed by atoms with van der Waals surface area (Å²) in [5, 5.41) is 3.93. The Morgan fingerprint density at radius 2 is 1.92 bits per heavy atom. The Hall–Kier alpha value is -0.780. The van der Waals surface area contributed by atoms with Gasteiger partial charge in [-0.05, 0) is 18.2 Å². The van der Waals surface area contributed by atoms with Crippen LogP contribution in [-0.2, 0) is 10.0 Å². The zero-order chi connectivity index (χ0) is 17.6. The Morgan fingerprint density at radius 3 is 2.48 bits per heavy atom. The highest BCUT2D eigenvalue weighted by Gasteiger charge is 2.19. The van der Waals surface area contributed by atoms with Gasteiger partial charge < -0.3 is 15.1 Å². The van der Waals surface area contributed by atoms with Gasteiger partial charge in [0.25, 0.3) is 0 Å². The number of rotatable bonds is 5. The van der Waals surface area contributed by atoms with Gasteiger partial charge in [0.2, 0.25) is 10.0 Å². The van der Waals surface area contributed by atoms with E-state index in [0.717, 1.165) is 49.1 Å². The molecule has 1 heterocycles. The van der Waals surface area contributed by atoms with E-state index in [1.165, 1.54) is 0 Å². The molecule has 2 N–H and O–H groups in total. The van der Waals surface area contributed by atoms with Crippen LogP contribution in [0.2, 0.25) is 5.02 Å². The lowest BCUT2D eigenvalue weighted by atomic mass is 10.2. The van der Waals surface area contributed by atoms with Crippen LogP contribution in [0.3, 0.4) is 0 Å². The van der Waals surface area contributed by atoms with E-state index >= 15 is 0 Å². The van der Waals surface area contributed by atoms with Crippen molar-refractivity contribution in [3.05, 3.63) is 29.3 Å². The third-order valence-corrected chi connectivity index (χ3v) is 4.70. The maximum absolute atomic E-state index is 11.0. The molecule has 142 valence electrons. The fourth-order valence-corrected chi connectivity index (χ4v) is 3.25.